The van der Waals surface area contributed by atoms with Crippen molar-refractivity contribution in [2.75, 3.05) is 6.61 Å². The van der Waals surface area contributed by atoms with E-state index in [0.29, 0.717) is 11.3 Å². The quantitative estimate of drug-likeness (QED) is 0.688. The van der Waals surface area contributed by atoms with Gasteiger partial charge in [-0.25, -0.2) is 4.79 Å². The molecule has 0 radical (unpaired) electrons. The van der Waals surface area contributed by atoms with Crippen molar-refractivity contribution in [1.29, 1.82) is 0 Å². The Morgan fingerprint density at radius 1 is 1.21 bits per heavy atom. The van der Waals surface area contributed by atoms with Gasteiger partial charge in [-0.1, -0.05) is 35.9 Å². The number of alkyl halides is 3. The summed E-state index contributed by atoms with van der Waals surface area (Å²) in [6.45, 7) is 3.88. The smallest absolute Gasteiger partial charge is 0.416 e. The molecule has 1 heterocycles. The number of nitrogens with zero attached hydrogens (tertiary/aromatic N) is 1. The van der Waals surface area contributed by atoms with Gasteiger partial charge in [0.25, 0.3) is 0 Å². The van der Waals surface area contributed by atoms with Gasteiger partial charge in [0.1, 0.15) is 17.9 Å². The van der Waals surface area contributed by atoms with Crippen molar-refractivity contribution in [2.24, 2.45) is 10.9 Å². The molecule has 0 fully saturated rings. The van der Waals surface area contributed by atoms with Gasteiger partial charge in [0.05, 0.1) is 24.1 Å². The van der Waals surface area contributed by atoms with Crippen molar-refractivity contribution in [3.05, 3.63) is 70.5 Å². The topological polar surface area (TPSA) is 47.9 Å². The molecule has 0 saturated carbocycles. The molecule has 0 aromatic heterocycles. The lowest BCUT2D eigenvalue weighted by Gasteiger charge is -2.29. The molecule has 1 aromatic carbocycles. The summed E-state index contributed by atoms with van der Waals surface area (Å²) >= 11 is 0. The van der Waals surface area contributed by atoms with E-state index in [9.17, 15) is 18.0 Å². The number of hydrogen-bond acceptors (Lipinski definition) is 4. The number of benzene rings is 1. The van der Waals surface area contributed by atoms with Crippen LogP contribution in [0.4, 0.5) is 13.2 Å². The van der Waals surface area contributed by atoms with Crippen LogP contribution in [-0.2, 0) is 27.1 Å². The Morgan fingerprint density at radius 3 is 2.57 bits per heavy atom. The summed E-state index contributed by atoms with van der Waals surface area (Å²) in [5, 5.41) is 0. The van der Waals surface area contributed by atoms with Gasteiger partial charge in [0, 0.05) is 6.21 Å². The number of ether oxygens (including phenoxy) is 2. The van der Waals surface area contributed by atoms with Crippen LogP contribution in [0.2, 0.25) is 0 Å². The van der Waals surface area contributed by atoms with Gasteiger partial charge in [0.15, 0.2) is 0 Å². The van der Waals surface area contributed by atoms with Gasteiger partial charge >= 0.3 is 12.1 Å². The van der Waals surface area contributed by atoms with Crippen LogP contribution in [0.25, 0.3) is 0 Å². The molecule has 28 heavy (non-hydrogen) atoms. The first kappa shape index (κ1) is 19.9. The van der Waals surface area contributed by atoms with Crippen molar-refractivity contribution >= 4 is 12.2 Å². The lowest BCUT2D eigenvalue weighted by atomic mass is 9.87. The van der Waals surface area contributed by atoms with Crippen molar-refractivity contribution in [2.45, 2.75) is 32.7 Å². The highest BCUT2D eigenvalue weighted by Gasteiger charge is 2.33. The van der Waals surface area contributed by atoms with Crippen LogP contribution in [0.5, 0.6) is 0 Å². The Morgan fingerprint density at radius 2 is 1.93 bits per heavy atom. The number of rotatable bonds is 5. The molecule has 0 spiro atoms. The average Bonchev–Trinajstić information content (AvgIpc) is 2.65. The van der Waals surface area contributed by atoms with Crippen LogP contribution in [-0.4, -0.2) is 24.8 Å². The summed E-state index contributed by atoms with van der Waals surface area (Å²) < 4.78 is 49.2. The Hall–Kier alpha value is -2.83. The molecule has 0 saturated heterocycles. The minimum absolute atomic E-state index is 0.0318. The average molecular weight is 391 g/mol. The number of esters is 1. The SMILES string of the molecule is CCOC(=O)C1=C(OCc2ccc(C(F)(F)F)cc2)C2C=C(C)C=CC2N=C1. The molecule has 148 valence electrons. The Kier molecular flexibility index (Phi) is 5.72. The van der Waals surface area contributed by atoms with E-state index >= 15 is 0 Å². The normalized spacial score (nSPS) is 21.2. The van der Waals surface area contributed by atoms with Crippen LogP contribution >= 0.6 is 0 Å². The van der Waals surface area contributed by atoms with E-state index in [1.807, 2.05) is 25.2 Å². The van der Waals surface area contributed by atoms with Gasteiger partial charge in [-0.15, -0.1) is 0 Å². The van der Waals surface area contributed by atoms with Gasteiger partial charge in [-0.05, 0) is 31.5 Å². The molecular weight excluding hydrogens is 371 g/mol. The largest absolute Gasteiger partial charge is 0.492 e. The Bertz CT molecular complexity index is 864. The predicted molar refractivity (Wildman–Crippen MR) is 98.6 cm³/mol. The molecule has 1 aliphatic heterocycles. The number of halogens is 3. The Balaban J connectivity index is 1.85. The predicted octanol–water partition coefficient (Wildman–Crippen LogP) is 4.62. The van der Waals surface area contributed by atoms with Crippen LogP contribution in [0, 0.1) is 5.92 Å². The number of allylic oxidation sites excluding steroid dienone is 2. The van der Waals surface area contributed by atoms with E-state index in [4.69, 9.17) is 9.47 Å². The monoisotopic (exact) mass is 391 g/mol. The maximum Gasteiger partial charge on any atom is 0.416 e. The van der Waals surface area contributed by atoms with Crippen LogP contribution in [0.15, 0.2) is 64.4 Å². The minimum Gasteiger partial charge on any atom is -0.492 e. The minimum atomic E-state index is -4.39. The van der Waals surface area contributed by atoms with Crippen molar-refractivity contribution in [1.82, 2.24) is 0 Å². The number of hydrogen-bond donors (Lipinski definition) is 0. The van der Waals surface area contributed by atoms with Gasteiger partial charge in [-0.3, -0.25) is 4.99 Å². The van der Waals surface area contributed by atoms with Crippen molar-refractivity contribution in [3.8, 4) is 0 Å². The third-order valence-electron chi connectivity index (χ3n) is 4.48. The lowest BCUT2D eigenvalue weighted by molar-refractivity contribution is -0.138. The fraction of sp³-hybridized carbons (Fsp3) is 0.333. The van der Waals surface area contributed by atoms with E-state index < -0.39 is 17.7 Å². The van der Waals surface area contributed by atoms with E-state index in [0.717, 1.165) is 17.7 Å². The number of carbonyl (C=O) groups is 1. The third-order valence-corrected chi connectivity index (χ3v) is 4.48. The molecule has 0 bridgehead atoms. The van der Waals surface area contributed by atoms with Crippen LogP contribution < -0.4 is 0 Å². The summed E-state index contributed by atoms with van der Waals surface area (Å²) in [6.07, 6.45) is 2.90. The summed E-state index contributed by atoms with van der Waals surface area (Å²) in [5.74, 6) is -0.376. The standard InChI is InChI=1S/C21H20F3NO3/c1-3-27-20(26)17-11-25-18-9-4-13(2)10-16(18)19(17)28-12-14-5-7-15(8-6-14)21(22,23)24/h4-11,16,18H,3,12H2,1-2H3. The van der Waals surface area contributed by atoms with E-state index in [2.05, 4.69) is 4.99 Å². The molecular formula is C21H20F3NO3. The zero-order valence-electron chi connectivity index (χ0n) is 15.5. The lowest BCUT2D eigenvalue weighted by Crippen LogP contribution is -2.29. The molecule has 2 atom stereocenters. The second-order valence-corrected chi connectivity index (χ2v) is 6.55. The third kappa shape index (κ3) is 4.35. The van der Waals surface area contributed by atoms with Crippen molar-refractivity contribution < 1.29 is 27.4 Å². The number of dihydropyridines is 1. The van der Waals surface area contributed by atoms with E-state index in [-0.39, 0.29) is 30.7 Å². The number of carbonyl (C=O) groups excluding carboxylic acids is 1. The molecule has 0 N–H and O–H groups in total. The second kappa shape index (κ2) is 8.04. The maximum atomic E-state index is 12.7. The van der Waals surface area contributed by atoms with Gasteiger partial charge in [0.2, 0.25) is 0 Å². The first-order valence-corrected chi connectivity index (χ1v) is 8.89. The molecule has 3 rings (SSSR count). The molecule has 4 nitrogen and oxygen atoms in total. The van der Waals surface area contributed by atoms with Crippen LogP contribution in [0.1, 0.15) is 25.0 Å². The highest BCUT2D eigenvalue weighted by Crippen LogP contribution is 2.33. The fourth-order valence-corrected chi connectivity index (χ4v) is 3.07. The molecule has 2 unspecified atom stereocenters. The first-order valence-electron chi connectivity index (χ1n) is 8.89. The van der Waals surface area contributed by atoms with E-state index in [1.165, 1.54) is 18.3 Å². The molecule has 7 heteroatoms. The number of fused-ring (bicyclic) bond motifs is 1. The van der Waals surface area contributed by atoms with Crippen LogP contribution in [0.3, 0.4) is 0 Å². The summed E-state index contributed by atoms with van der Waals surface area (Å²) in [7, 11) is 0. The zero-order valence-corrected chi connectivity index (χ0v) is 15.5. The van der Waals surface area contributed by atoms with E-state index in [1.54, 1.807) is 6.92 Å². The van der Waals surface area contributed by atoms with Gasteiger partial charge in [-0.2, -0.15) is 13.2 Å². The summed E-state index contributed by atoms with van der Waals surface area (Å²) in [6, 6.07) is 4.56. The molecule has 1 aromatic rings. The summed E-state index contributed by atoms with van der Waals surface area (Å²) in [4.78, 5) is 16.7. The zero-order chi connectivity index (χ0) is 20.3. The van der Waals surface area contributed by atoms with Crippen molar-refractivity contribution in [3.63, 3.8) is 0 Å². The second-order valence-electron chi connectivity index (χ2n) is 6.55. The number of aliphatic imine (C=N–C) groups is 1. The maximum absolute atomic E-state index is 12.7. The molecule has 0 amide bonds. The summed E-state index contributed by atoms with van der Waals surface area (Å²) in [5.41, 5.74) is 1.09. The highest BCUT2D eigenvalue weighted by molar-refractivity contribution is 6.10. The first-order chi connectivity index (χ1) is 13.3. The Labute approximate surface area is 161 Å². The van der Waals surface area contributed by atoms with Gasteiger partial charge < -0.3 is 9.47 Å². The highest BCUT2D eigenvalue weighted by atomic mass is 19.4. The molecule has 1 aliphatic carbocycles. The fourth-order valence-electron chi connectivity index (χ4n) is 3.07. The molecule has 2 aliphatic rings.